The number of nitrogens with zero attached hydrogens (tertiary/aromatic N) is 4. The number of aromatic nitrogens is 4. The van der Waals surface area contributed by atoms with Gasteiger partial charge in [0.1, 0.15) is 17.3 Å². The highest BCUT2D eigenvalue weighted by Gasteiger charge is 2.14. The molecule has 0 N–H and O–H groups in total. The lowest BCUT2D eigenvalue weighted by molar-refractivity contribution is 0.411. The molecule has 2 aromatic heterocycles. The molecule has 36 heavy (non-hydrogen) atoms. The number of benzene rings is 3. The summed E-state index contributed by atoms with van der Waals surface area (Å²) in [5.41, 5.74) is 5.04. The van der Waals surface area contributed by atoms with Crippen LogP contribution in [0.25, 0.3) is 23.0 Å². The van der Waals surface area contributed by atoms with Crippen molar-refractivity contribution in [2.75, 3.05) is 7.11 Å². The van der Waals surface area contributed by atoms with Crippen LogP contribution in [0, 0.1) is 5.82 Å². The quantitative estimate of drug-likeness (QED) is 0.237. The van der Waals surface area contributed by atoms with Gasteiger partial charge >= 0.3 is 0 Å². The zero-order valence-electron chi connectivity index (χ0n) is 19.8. The number of halogens is 1. The van der Waals surface area contributed by atoms with Crippen molar-refractivity contribution in [2.45, 2.75) is 6.42 Å². The van der Waals surface area contributed by atoms with Gasteiger partial charge in [0.05, 0.1) is 14.2 Å². The van der Waals surface area contributed by atoms with Gasteiger partial charge in [0, 0.05) is 17.4 Å². The van der Waals surface area contributed by atoms with Crippen LogP contribution in [-0.2, 0) is 13.5 Å². The van der Waals surface area contributed by atoms with E-state index in [1.807, 2.05) is 53.2 Å². The average molecular weight is 499 g/mol. The molecule has 3 aromatic carbocycles. The molecule has 0 atom stereocenters. The third kappa shape index (κ3) is 5.34. The van der Waals surface area contributed by atoms with Crippen molar-refractivity contribution in [1.82, 2.24) is 20.2 Å². The Morgan fingerprint density at radius 3 is 2.50 bits per heavy atom. The molecule has 8 heteroatoms. The summed E-state index contributed by atoms with van der Waals surface area (Å²) in [5, 5.41) is 16.2. The first-order valence-corrected chi connectivity index (χ1v) is 12.2. The second-order valence-corrected chi connectivity index (χ2v) is 8.86. The van der Waals surface area contributed by atoms with E-state index < -0.39 is 0 Å². The average Bonchev–Trinajstić information content (AvgIpc) is 3.57. The van der Waals surface area contributed by atoms with Gasteiger partial charge in [-0.25, -0.2) is 4.39 Å². The maximum absolute atomic E-state index is 13.5. The topological polar surface area (TPSA) is 62.1 Å². The number of tetrazole rings is 1. The van der Waals surface area contributed by atoms with Gasteiger partial charge in [0.2, 0.25) is 5.82 Å². The summed E-state index contributed by atoms with van der Waals surface area (Å²) in [7, 11) is 3.38. The predicted molar refractivity (Wildman–Crippen MR) is 139 cm³/mol. The Bertz CT molecular complexity index is 1480. The van der Waals surface area contributed by atoms with Crippen LogP contribution in [0.15, 0.2) is 83.6 Å². The van der Waals surface area contributed by atoms with E-state index in [1.54, 1.807) is 37.6 Å². The van der Waals surface area contributed by atoms with Gasteiger partial charge in [0.15, 0.2) is 5.76 Å². The molecule has 0 aliphatic heterocycles. The molecule has 180 valence electrons. The molecule has 5 aromatic rings. The van der Waals surface area contributed by atoms with E-state index in [4.69, 9.17) is 9.47 Å². The first kappa shape index (κ1) is 23.4. The maximum Gasteiger partial charge on any atom is 0.240 e. The van der Waals surface area contributed by atoms with Crippen LogP contribution in [0.5, 0.6) is 11.5 Å². The standard InChI is InChI=1S/C28H23FN4O2S/c1-33-31-28(30-32-33)27(35-23-14-15-36-18-23)17-20-8-6-19(7-9-20)16-25-24(4-3-5-26(25)34-2)21-10-12-22(29)13-11-21/h3-15,17-18H,16H2,1-2H3/b27-17+. The van der Waals surface area contributed by atoms with E-state index in [0.717, 1.165) is 39.3 Å². The van der Waals surface area contributed by atoms with Crippen molar-refractivity contribution in [2.24, 2.45) is 7.05 Å². The maximum atomic E-state index is 13.5. The number of ether oxygens (including phenoxy) is 2. The fourth-order valence-corrected chi connectivity index (χ4v) is 4.44. The van der Waals surface area contributed by atoms with E-state index in [0.29, 0.717) is 18.0 Å². The van der Waals surface area contributed by atoms with Crippen LogP contribution in [0.1, 0.15) is 22.5 Å². The first-order chi connectivity index (χ1) is 17.6. The van der Waals surface area contributed by atoms with Crippen molar-refractivity contribution in [3.63, 3.8) is 0 Å². The Labute approximate surface area is 212 Å². The number of aryl methyl sites for hydroxylation is 1. The molecular weight excluding hydrogens is 475 g/mol. The summed E-state index contributed by atoms with van der Waals surface area (Å²) in [6.45, 7) is 0. The molecule has 0 amide bonds. The van der Waals surface area contributed by atoms with Crippen LogP contribution in [0.3, 0.4) is 0 Å². The largest absolute Gasteiger partial charge is 0.496 e. The summed E-state index contributed by atoms with van der Waals surface area (Å²) in [6.07, 6.45) is 2.55. The van der Waals surface area contributed by atoms with Crippen LogP contribution >= 0.6 is 11.3 Å². The molecule has 6 nitrogen and oxygen atoms in total. The lowest BCUT2D eigenvalue weighted by atomic mass is 9.93. The zero-order valence-corrected chi connectivity index (χ0v) is 20.6. The molecule has 0 spiro atoms. The smallest absolute Gasteiger partial charge is 0.240 e. The van der Waals surface area contributed by atoms with Crippen molar-refractivity contribution >= 4 is 23.2 Å². The molecule has 0 fully saturated rings. The van der Waals surface area contributed by atoms with Crippen LogP contribution in [-0.4, -0.2) is 27.3 Å². The van der Waals surface area contributed by atoms with Crippen LogP contribution < -0.4 is 9.47 Å². The molecule has 0 unspecified atom stereocenters. The minimum absolute atomic E-state index is 0.258. The third-order valence-electron chi connectivity index (χ3n) is 5.62. The van der Waals surface area contributed by atoms with Gasteiger partial charge in [-0.2, -0.15) is 4.80 Å². The summed E-state index contributed by atoms with van der Waals surface area (Å²) in [4.78, 5) is 1.40. The molecule has 0 aliphatic carbocycles. The molecule has 0 bridgehead atoms. The van der Waals surface area contributed by atoms with Crippen molar-refractivity contribution in [1.29, 1.82) is 0 Å². The van der Waals surface area contributed by atoms with Crippen LogP contribution in [0.4, 0.5) is 4.39 Å². The predicted octanol–water partition coefficient (Wildman–Crippen LogP) is 6.25. The van der Waals surface area contributed by atoms with Gasteiger partial charge in [-0.1, -0.05) is 48.5 Å². The lowest BCUT2D eigenvalue weighted by Crippen LogP contribution is -1.99. The summed E-state index contributed by atoms with van der Waals surface area (Å²) in [5.74, 6) is 2.18. The minimum atomic E-state index is -0.258. The molecular formula is C28H23FN4O2S. The number of hydrogen-bond donors (Lipinski definition) is 0. The van der Waals surface area contributed by atoms with Gasteiger partial charge in [-0.15, -0.1) is 21.5 Å². The van der Waals surface area contributed by atoms with E-state index in [9.17, 15) is 4.39 Å². The van der Waals surface area contributed by atoms with E-state index in [-0.39, 0.29) is 5.82 Å². The van der Waals surface area contributed by atoms with Gasteiger partial charge in [-0.05, 0) is 63.2 Å². The highest BCUT2D eigenvalue weighted by Crippen LogP contribution is 2.33. The third-order valence-corrected chi connectivity index (χ3v) is 6.28. The second kappa shape index (κ2) is 10.5. The highest BCUT2D eigenvalue weighted by molar-refractivity contribution is 7.08. The van der Waals surface area contributed by atoms with E-state index in [2.05, 4.69) is 27.5 Å². The molecule has 0 aliphatic rings. The Morgan fingerprint density at radius 2 is 1.83 bits per heavy atom. The molecule has 0 radical (unpaired) electrons. The Morgan fingerprint density at radius 1 is 1.03 bits per heavy atom. The number of hydrogen-bond acceptors (Lipinski definition) is 6. The Kier molecular flexibility index (Phi) is 6.86. The SMILES string of the molecule is COc1cccc(-c2ccc(F)cc2)c1Cc1ccc(/C=C(/Oc2ccsc2)c2nnn(C)n2)cc1. The first-order valence-electron chi connectivity index (χ1n) is 11.3. The normalized spacial score (nSPS) is 11.5. The van der Waals surface area contributed by atoms with E-state index in [1.165, 1.54) is 16.9 Å². The number of thiophene rings is 1. The van der Waals surface area contributed by atoms with Crippen molar-refractivity contribution in [3.8, 4) is 22.6 Å². The number of rotatable bonds is 8. The van der Waals surface area contributed by atoms with Crippen molar-refractivity contribution < 1.29 is 13.9 Å². The molecule has 2 heterocycles. The van der Waals surface area contributed by atoms with Gasteiger partial charge in [-0.3, -0.25) is 0 Å². The molecule has 5 rings (SSSR count). The molecule has 0 saturated carbocycles. The number of methoxy groups -OCH3 is 1. The highest BCUT2D eigenvalue weighted by atomic mass is 32.1. The van der Waals surface area contributed by atoms with Gasteiger partial charge in [0.25, 0.3) is 0 Å². The summed E-state index contributed by atoms with van der Waals surface area (Å²) in [6, 6.07) is 22.5. The second-order valence-electron chi connectivity index (χ2n) is 8.08. The van der Waals surface area contributed by atoms with Crippen molar-refractivity contribution in [3.05, 3.63) is 112 Å². The zero-order chi connectivity index (χ0) is 24.9. The monoisotopic (exact) mass is 498 g/mol. The Balaban J connectivity index is 1.44. The van der Waals surface area contributed by atoms with Crippen LogP contribution in [0.2, 0.25) is 0 Å². The molecule has 0 saturated heterocycles. The minimum Gasteiger partial charge on any atom is -0.496 e. The van der Waals surface area contributed by atoms with E-state index >= 15 is 0 Å². The van der Waals surface area contributed by atoms with Gasteiger partial charge < -0.3 is 9.47 Å². The summed E-state index contributed by atoms with van der Waals surface area (Å²) >= 11 is 1.55. The summed E-state index contributed by atoms with van der Waals surface area (Å²) < 4.78 is 25.2. The fourth-order valence-electron chi connectivity index (χ4n) is 3.89. The fraction of sp³-hybridized carbons (Fsp3) is 0.107. The Hall–Kier alpha value is -4.30. The lowest BCUT2D eigenvalue weighted by Gasteiger charge is -2.15.